The van der Waals surface area contributed by atoms with Gasteiger partial charge in [0.2, 0.25) is 0 Å². The van der Waals surface area contributed by atoms with Gasteiger partial charge >= 0.3 is 0 Å². The maximum absolute atomic E-state index is 12.4. The topological polar surface area (TPSA) is 71.3 Å². The number of piperidine rings is 1. The molecule has 0 unspecified atom stereocenters. The third kappa shape index (κ3) is 3.91. The molecule has 0 spiro atoms. The summed E-state index contributed by atoms with van der Waals surface area (Å²) < 4.78 is 4.69. The lowest BCUT2D eigenvalue weighted by molar-refractivity contribution is 0.0951. The Morgan fingerprint density at radius 2 is 1.69 bits per heavy atom. The Balaban J connectivity index is 1.33. The van der Waals surface area contributed by atoms with Crippen molar-refractivity contribution < 1.29 is 9.42 Å². The Bertz CT molecular complexity index is 882. The van der Waals surface area contributed by atoms with Gasteiger partial charge in [-0.05, 0) is 71.6 Å². The van der Waals surface area contributed by atoms with E-state index in [1.54, 1.807) is 0 Å². The van der Waals surface area contributed by atoms with Crippen molar-refractivity contribution in [3.63, 3.8) is 0 Å². The molecule has 1 saturated heterocycles. The lowest BCUT2D eigenvalue weighted by Gasteiger charge is -2.26. The molecule has 134 valence electrons. The van der Waals surface area contributed by atoms with Crippen molar-refractivity contribution in [2.45, 2.75) is 32.4 Å². The van der Waals surface area contributed by atoms with Gasteiger partial charge in [-0.3, -0.25) is 9.69 Å². The monoisotopic (exact) mass is 350 g/mol. The molecule has 0 saturated carbocycles. The average molecular weight is 350 g/mol. The summed E-state index contributed by atoms with van der Waals surface area (Å²) in [4.78, 5) is 14.8. The second kappa shape index (κ2) is 7.66. The van der Waals surface area contributed by atoms with Gasteiger partial charge in [0, 0.05) is 18.7 Å². The van der Waals surface area contributed by atoms with Gasteiger partial charge in [0.05, 0.1) is 0 Å². The zero-order chi connectivity index (χ0) is 17.8. The molecule has 26 heavy (non-hydrogen) atoms. The van der Waals surface area contributed by atoms with Crippen molar-refractivity contribution in [1.29, 1.82) is 0 Å². The van der Waals surface area contributed by atoms with Gasteiger partial charge in [0.25, 0.3) is 5.91 Å². The smallest absolute Gasteiger partial charge is 0.251 e. The number of aromatic nitrogens is 2. The van der Waals surface area contributed by atoms with Crippen LogP contribution in [0.25, 0.3) is 11.0 Å². The number of hydrogen-bond acceptors (Lipinski definition) is 5. The summed E-state index contributed by atoms with van der Waals surface area (Å²) in [6.07, 6.45) is 3.92. The van der Waals surface area contributed by atoms with Crippen LogP contribution in [0.2, 0.25) is 0 Å². The van der Waals surface area contributed by atoms with Crippen LogP contribution in [0.4, 0.5) is 0 Å². The first kappa shape index (κ1) is 16.7. The molecule has 1 aromatic heterocycles. The van der Waals surface area contributed by atoms with Crippen LogP contribution in [0, 0.1) is 0 Å². The molecule has 6 nitrogen and oxygen atoms in total. The Morgan fingerprint density at radius 1 is 0.962 bits per heavy atom. The summed E-state index contributed by atoms with van der Waals surface area (Å²) in [5, 5.41) is 10.5. The largest absolute Gasteiger partial charge is 0.348 e. The highest BCUT2D eigenvalue weighted by Gasteiger charge is 2.11. The van der Waals surface area contributed by atoms with E-state index in [-0.39, 0.29) is 5.91 Å². The zero-order valence-corrected chi connectivity index (χ0v) is 14.6. The molecule has 1 aliphatic rings. The van der Waals surface area contributed by atoms with Crippen LogP contribution in [-0.2, 0) is 13.1 Å². The summed E-state index contributed by atoms with van der Waals surface area (Å²) in [5.74, 6) is -0.0760. The molecule has 1 N–H and O–H groups in total. The standard InChI is InChI=1S/C20H22N4O2/c25-20(21-13-16-6-9-18-19(12-16)23-26-22-18)17-7-4-15(5-8-17)14-24-10-2-1-3-11-24/h4-9,12H,1-3,10-11,13-14H2,(H,21,25). The summed E-state index contributed by atoms with van der Waals surface area (Å²) in [6.45, 7) is 3.76. The average Bonchev–Trinajstić information content (AvgIpc) is 3.15. The van der Waals surface area contributed by atoms with E-state index in [2.05, 4.69) is 37.3 Å². The maximum Gasteiger partial charge on any atom is 0.251 e. The van der Waals surface area contributed by atoms with Crippen LogP contribution in [0.15, 0.2) is 47.1 Å². The third-order valence-corrected chi connectivity index (χ3v) is 4.84. The minimum Gasteiger partial charge on any atom is -0.348 e. The number of benzene rings is 2. The van der Waals surface area contributed by atoms with E-state index in [0.717, 1.165) is 12.1 Å². The SMILES string of the molecule is O=C(NCc1ccc2nonc2c1)c1ccc(CN2CCCCC2)cc1. The fourth-order valence-electron chi connectivity index (χ4n) is 3.36. The van der Waals surface area contributed by atoms with Crippen LogP contribution in [0.1, 0.15) is 40.7 Å². The summed E-state index contributed by atoms with van der Waals surface area (Å²) >= 11 is 0. The lowest BCUT2D eigenvalue weighted by Crippen LogP contribution is -2.29. The van der Waals surface area contributed by atoms with Crippen molar-refractivity contribution in [2.24, 2.45) is 0 Å². The van der Waals surface area contributed by atoms with E-state index < -0.39 is 0 Å². The van der Waals surface area contributed by atoms with Crippen LogP contribution < -0.4 is 5.32 Å². The molecule has 2 aromatic carbocycles. The first-order valence-electron chi connectivity index (χ1n) is 9.09. The first-order chi connectivity index (χ1) is 12.8. The van der Waals surface area contributed by atoms with E-state index in [1.165, 1.54) is 37.9 Å². The Labute approximate surface area is 152 Å². The minimum absolute atomic E-state index is 0.0760. The molecule has 0 radical (unpaired) electrons. The van der Waals surface area contributed by atoms with Crippen molar-refractivity contribution >= 4 is 16.9 Å². The molecule has 0 bridgehead atoms. The highest BCUT2D eigenvalue weighted by atomic mass is 16.6. The van der Waals surface area contributed by atoms with Crippen LogP contribution in [0.3, 0.4) is 0 Å². The van der Waals surface area contributed by atoms with Gasteiger partial charge in [-0.2, -0.15) is 0 Å². The van der Waals surface area contributed by atoms with Crippen molar-refractivity contribution in [3.8, 4) is 0 Å². The molecule has 0 atom stereocenters. The van der Waals surface area contributed by atoms with E-state index in [0.29, 0.717) is 23.1 Å². The number of nitrogens with one attached hydrogen (secondary N) is 1. The van der Waals surface area contributed by atoms with E-state index in [1.807, 2.05) is 30.3 Å². The van der Waals surface area contributed by atoms with Gasteiger partial charge in [0.1, 0.15) is 11.0 Å². The maximum atomic E-state index is 12.4. The zero-order valence-electron chi connectivity index (χ0n) is 14.6. The van der Waals surface area contributed by atoms with Gasteiger partial charge in [-0.1, -0.05) is 24.6 Å². The van der Waals surface area contributed by atoms with E-state index in [9.17, 15) is 4.79 Å². The number of carbonyl (C=O) groups excluding carboxylic acids is 1. The molecule has 6 heteroatoms. The van der Waals surface area contributed by atoms with Gasteiger partial charge in [-0.15, -0.1) is 0 Å². The molecule has 2 heterocycles. The van der Waals surface area contributed by atoms with E-state index >= 15 is 0 Å². The first-order valence-corrected chi connectivity index (χ1v) is 9.09. The highest BCUT2D eigenvalue weighted by molar-refractivity contribution is 5.94. The van der Waals surface area contributed by atoms with Crippen LogP contribution >= 0.6 is 0 Å². The molecule has 3 aromatic rings. The highest BCUT2D eigenvalue weighted by Crippen LogP contribution is 2.14. The van der Waals surface area contributed by atoms with Crippen molar-refractivity contribution in [3.05, 3.63) is 59.2 Å². The van der Waals surface area contributed by atoms with Crippen molar-refractivity contribution in [2.75, 3.05) is 13.1 Å². The number of nitrogens with zero attached hydrogens (tertiary/aromatic N) is 3. The quantitative estimate of drug-likeness (QED) is 0.765. The molecular weight excluding hydrogens is 328 g/mol. The van der Waals surface area contributed by atoms with Crippen LogP contribution in [-0.4, -0.2) is 34.2 Å². The minimum atomic E-state index is -0.0760. The Morgan fingerprint density at radius 3 is 2.50 bits per heavy atom. The molecule has 1 fully saturated rings. The van der Waals surface area contributed by atoms with E-state index in [4.69, 9.17) is 0 Å². The molecule has 0 aliphatic carbocycles. The second-order valence-electron chi connectivity index (χ2n) is 6.80. The summed E-state index contributed by atoms with van der Waals surface area (Å²) in [7, 11) is 0. The second-order valence-corrected chi connectivity index (χ2v) is 6.80. The normalized spacial score (nSPS) is 15.2. The summed E-state index contributed by atoms with van der Waals surface area (Å²) in [5.41, 5.74) is 4.30. The Kier molecular flexibility index (Phi) is 4.93. The molecular formula is C20H22N4O2. The Hall–Kier alpha value is -2.73. The predicted molar refractivity (Wildman–Crippen MR) is 98.5 cm³/mol. The van der Waals surface area contributed by atoms with Crippen LogP contribution in [0.5, 0.6) is 0 Å². The molecule has 4 rings (SSSR count). The number of carbonyl (C=O) groups is 1. The number of fused-ring (bicyclic) bond motifs is 1. The number of likely N-dealkylation sites (tertiary alicyclic amines) is 1. The van der Waals surface area contributed by atoms with Gasteiger partial charge < -0.3 is 5.32 Å². The lowest BCUT2D eigenvalue weighted by atomic mass is 10.1. The molecule has 1 amide bonds. The van der Waals surface area contributed by atoms with Crippen molar-refractivity contribution in [1.82, 2.24) is 20.5 Å². The summed E-state index contributed by atoms with van der Waals surface area (Å²) in [6, 6.07) is 13.5. The predicted octanol–water partition coefficient (Wildman–Crippen LogP) is 3.14. The van der Waals surface area contributed by atoms with Gasteiger partial charge in [-0.25, -0.2) is 4.63 Å². The molecule has 1 aliphatic heterocycles. The number of amides is 1. The number of hydrogen-bond donors (Lipinski definition) is 1. The fraction of sp³-hybridized carbons (Fsp3) is 0.350. The fourth-order valence-corrected chi connectivity index (χ4v) is 3.36. The third-order valence-electron chi connectivity index (χ3n) is 4.84. The number of rotatable bonds is 5. The van der Waals surface area contributed by atoms with Gasteiger partial charge in [0.15, 0.2) is 0 Å².